The monoisotopic (exact) mass is 382 g/mol. The van der Waals surface area contributed by atoms with Gasteiger partial charge in [0.2, 0.25) is 11.8 Å². The van der Waals surface area contributed by atoms with Gasteiger partial charge in [-0.2, -0.15) is 18.3 Å². The molecule has 10 heteroatoms. The SMILES string of the molecule is COc1cc(NC(=O)Cn2ccc(C(F)(F)F)n2)ccc1N1CCCC1=O. The molecule has 2 heterocycles. The summed E-state index contributed by atoms with van der Waals surface area (Å²) >= 11 is 0. The number of alkyl halides is 3. The number of aromatic nitrogens is 2. The first-order valence-electron chi connectivity index (χ1n) is 8.17. The Morgan fingerprint density at radius 1 is 1.33 bits per heavy atom. The molecular formula is C17H17F3N4O3. The summed E-state index contributed by atoms with van der Waals surface area (Å²) < 4.78 is 43.8. The van der Waals surface area contributed by atoms with Crippen LogP contribution < -0.4 is 15.0 Å². The largest absolute Gasteiger partial charge is 0.494 e. The highest BCUT2D eigenvalue weighted by atomic mass is 19.4. The Hall–Kier alpha value is -3.04. The fourth-order valence-corrected chi connectivity index (χ4v) is 2.83. The highest BCUT2D eigenvalue weighted by Crippen LogP contribution is 2.34. The maximum Gasteiger partial charge on any atom is 0.435 e. The lowest BCUT2D eigenvalue weighted by atomic mass is 10.2. The number of carbonyl (C=O) groups is 2. The van der Waals surface area contributed by atoms with Crippen LogP contribution in [0.3, 0.4) is 0 Å². The molecule has 1 aliphatic heterocycles. The van der Waals surface area contributed by atoms with E-state index < -0.39 is 17.8 Å². The van der Waals surface area contributed by atoms with Crippen LogP contribution in [0.1, 0.15) is 18.5 Å². The summed E-state index contributed by atoms with van der Waals surface area (Å²) in [5.74, 6) is -0.121. The number of rotatable bonds is 5. The van der Waals surface area contributed by atoms with Gasteiger partial charge in [-0.1, -0.05) is 0 Å². The lowest BCUT2D eigenvalue weighted by Gasteiger charge is -2.19. The van der Waals surface area contributed by atoms with Gasteiger partial charge in [0, 0.05) is 30.9 Å². The number of methoxy groups -OCH3 is 1. The molecule has 1 saturated heterocycles. The van der Waals surface area contributed by atoms with Crippen molar-refractivity contribution in [3.05, 3.63) is 36.2 Å². The Morgan fingerprint density at radius 2 is 2.11 bits per heavy atom. The number of hydrogen-bond donors (Lipinski definition) is 1. The summed E-state index contributed by atoms with van der Waals surface area (Å²) in [6.07, 6.45) is -2.22. The molecule has 144 valence electrons. The molecule has 27 heavy (non-hydrogen) atoms. The molecule has 0 aliphatic carbocycles. The van der Waals surface area contributed by atoms with Crippen molar-refractivity contribution in [1.82, 2.24) is 9.78 Å². The van der Waals surface area contributed by atoms with Gasteiger partial charge < -0.3 is 15.0 Å². The molecule has 1 N–H and O–H groups in total. The lowest BCUT2D eigenvalue weighted by Crippen LogP contribution is -2.24. The molecule has 0 radical (unpaired) electrons. The van der Waals surface area contributed by atoms with E-state index in [4.69, 9.17) is 4.74 Å². The van der Waals surface area contributed by atoms with Crippen molar-refractivity contribution < 1.29 is 27.5 Å². The van der Waals surface area contributed by atoms with Gasteiger partial charge in [-0.3, -0.25) is 14.3 Å². The van der Waals surface area contributed by atoms with Crippen LogP contribution in [0.15, 0.2) is 30.5 Å². The number of amides is 2. The molecule has 0 bridgehead atoms. The van der Waals surface area contributed by atoms with Gasteiger partial charge in [0.05, 0.1) is 12.8 Å². The summed E-state index contributed by atoms with van der Waals surface area (Å²) in [4.78, 5) is 25.6. The number of halogens is 3. The second-order valence-electron chi connectivity index (χ2n) is 5.98. The van der Waals surface area contributed by atoms with Crippen LogP contribution in [-0.2, 0) is 22.3 Å². The summed E-state index contributed by atoms with van der Waals surface area (Å²) in [6, 6.07) is 5.63. The van der Waals surface area contributed by atoms with Crippen molar-refractivity contribution in [2.75, 3.05) is 23.9 Å². The quantitative estimate of drug-likeness (QED) is 0.863. The van der Waals surface area contributed by atoms with Crippen molar-refractivity contribution in [2.45, 2.75) is 25.6 Å². The molecule has 3 rings (SSSR count). The predicted molar refractivity (Wildman–Crippen MR) is 90.4 cm³/mol. The van der Waals surface area contributed by atoms with Gasteiger partial charge in [-0.05, 0) is 24.6 Å². The van der Waals surface area contributed by atoms with E-state index in [0.717, 1.165) is 23.4 Å². The minimum Gasteiger partial charge on any atom is -0.494 e. The van der Waals surface area contributed by atoms with E-state index in [1.54, 1.807) is 23.1 Å². The standard InChI is InChI=1S/C17H17F3N4O3/c1-27-13-9-11(4-5-12(13)24-7-2-3-16(24)26)21-15(25)10-23-8-6-14(22-23)17(18,19)20/h4-6,8-9H,2-3,7,10H2,1H3,(H,21,25). The molecule has 1 aromatic carbocycles. The maximum atomic E-state index is 12.5. The van der Waals surface area contributed by atoms with Gasteiger partial charge in [-0.15, -0.1) is 0 Å². The van der Waals surface area contributed by atoms with Crippen LogP contribution in [0.4, 0.5) is 24.5 Å². The first-order chi connectivity index (χ1) is 12.8. The number of ether oxygens (including phenoxy) is 1. The second-order valence-corrected chi connectivity index (χ2v) is 5.98. The van der Waals surface area contributed by atoms with Crippen LogP contribution in [0.2, 0.25) is 0 Å². The molecule has 2 aromatic rings. The zero-order valence-electron chi connectivity index (χ0n) is 14.4. The van der Waals surface area contributed by atoms with Gasteiger partial charge in [-0.25, -0.2) is 0 Å². The van der Waals surface area contributed by atoms with Crippen molar-refractivity contribution in [1.29, 1.82) is 0 Å². The highest BCUT2D eigenvalue weighted by Gasteiger charge is 2.33. The molecule has 0 spiro atoms. The van der Waals surface area contributed by atoms with Crippen LogP contribution in [0, 0.1) is 0 Å². The van der Waals surface area contributed by atoms with E-state index >= 15 is 0 Å². The minimum atomic E-state index is -4.56. The first kappa shape index (κ1) is 18.7. The van der Waals surface area contributed by atoms with E-state index in [1.165, 1.54) is 7.11 Å². The van der Waals surface area contributed by atoms with Gasteiger partial charge in [0.25, 0.3) is 0 Å². The Balaban J connectivity index is 1.69. The van der Waals surface area contributed by atoms with Gasteiger partial charge in [0.1, 0.15) is 12.3 Å². The molecule has 0 atom stereocenters. The van der Waals surface area contributed by atoms with E-state index in [0.29, 0.717) is 30.1 Å². The molecule has 0 saturated carbocycles. The summed E-state index contributed by atoms with van der Waals surface area (Å²) in [5.41, 5.74) is -0.0491. The number of anilines is 2. The summed E-state index contributed by atoms with van der Waals surface area (Å²) in [6.45, 7) is 0.229. The van der Waals surface area contributed by atoms with E-state index in [9.17, 15) is 22.8 Å². The fraction of sp³-hybridized carbons (Fsp3) is 0.353. The molecule has 1 aliphatic rings. The minimum absolute atomic E-state index is 0.00392. The maximum absolute atomic E-state index is 12.5. The third-order valence-electron chi connectivity index (χ3n) is 4.06. The second kappa shape index (κ2) is 7.29. The van der Waals surface area contributed by atoms with Crippen LogP contribution in [-0.4, -0.2) is 35.2 Å². The predicted octanol–water partition coefficient (Wildman–Crippen LogP) is 2.68. The third-order valence-corrected chi connectivity index (χ3v) is 4.06. The van der Waals surface area contributed by atoms with Crippen LogP contribution in [0.5, 0.6) is 5.75 Å². The first-order valence-corrected chi connectivity index (χ1v) is 8.17. The molecule has 2 amide bonds. The zero-order valence-corrected chi connectivity index (χ0v) is 14.4. The zero-order chi connectivity index (χ0) is 19.6. The lowest BCUT2D eigenvalue weighted by molar-refractivity contribution is -0.141. The Kier molecular flexibility index (Phi) is 5.06. The fourth-order valence-electron chi connectivity index (χ4n) is 2.83. The number of carbonyl (C=O) groups excluding carboxylic acids is 2. The average Bonchev–Trinajstić information content (AvgIpc) is 3.23. The molecule has 1 fully saturated rings. The van der Waals surface area contributed by atoms with Gasteiger partial charge >= 0.3 is 6.18 Å². The number of benzene rings is 1. The smallest absolute Gasteiger partial charge is 0.435 e. The number of nitrogens with zero attached hydrogens (tertiary/aromatic N) is 3. The summed E-state index contributed by atoms with van der Waals surface area (Å²) in [5, 5.41) is 5.91. The normalized spacial score (nSPS) is 14.5. The van der Waals surface area contributed by atoms with E-state index in [1.807, 2.05) is 0 Å². The molecular weight excluding hydrogens is 365 g/mol. The molecule has 1 aromatic heterocycles. The summed E-state index contributed by atoms with van der Waals surface area (Å²) in [7, 11) is 1.45. The van der Waals surface area contributed by atoms with Crippen molar-refractivity contribution in [3.8, 4) is 5.75 Å². The van der Waals surface area contributed by atoms with Crippen LogP contribution in [0.25, 0.3) is 0 Å². The highest BCUT2D eigenvalue weighted by molar-refractivity contribution is 5.97. The molecule has 7 nitrogen and oxygen atoms in total. The Bertz CT molecular complexity index is 863. The third kappa shape index (κ3) is 4.21. The van der Waals surface area contributed by atoms with Crippen molar-refractivity contribution >= 4 is 23.2 Å². The van der Waals surface area contributed by atoms with E-state index in [2.05, 4.69) is 10.4 Å². The molecule has 0 unspecified atom stereocenters. The van der Waals surface area contributed by atoms with Crippen LogP contribution >= 0.6 is 0 Å². The van der Waals surface area contributed by atoms with Crippen molar-refractivity contribution in [2.24, 2.45) is 0 Å². The topological polar surface area (TPSA) is 76.5 Å². The van der Waals surface area contributed by atoms with Crippen molar-refractivity contribution in [3.63, 3.8) is 0 Å². The number of nitrogens with one attached hydrogen (secondary N) is 1. The van der Waals surface area contributed by atoms with Gasteiger partial charge in [0.15, 0.2) is 5.69 Å². The average molecular weight is 382 g/mol. The number of hydrogen-bond acceptors (Lipinski definition) is 4. The Labute approximate surface area is 152 Å². The van der Waals surface area contributed by atoms with E-state index in [-0.39, 0.29) is 12.5 Å². The Morgan fingerprint density at radius 3 is 2.70 bits per heavy atom.